The van der Waals surface area contributed by atoms with Crippen molar-refractivity contribution in [2.45, 2.75) is 38.6 Å². The molecule has 1 unspecified atom stereocenters. The Labute approximate surface area is 102 Å². The Kier molecular flexibility index (Phi) is 4.24. The van der Waals surface area contributed by atoms with Crippen LogP contribution >= 0.6 is 11.3 Å². The number of nitrogens with one attached hydrogen (secondary N) is 1. The van der Waals surface area contributed by atoms with Crippen molar-refractivity contribution in [3.8, 4) is 5.75 Å². The summed E-state index contributed by atoms with van der Waals surface area (Å²) in [4.78, 5) is 1.42. The summed E-state index contributed by atoms with van der Waals surface area (Å²) in [6.07, 6.45) is 5.56. The smallest absolute Gasteiger partial charge is 0.129 e. The highest BCUT2D eigenvalue weighted by Crippen LogP contribution is 2.37. The Morgan fingerprint density at radius 1 is 1.56 bits per heavy atom. The molecule has 0 spiro atoms. The molecule has 1 heterocycles. The standard InChI is InChI=1S/C13H21NOS/c1-3-14-12(7-10-5-4-6-10)13-8-11(15-2)9-16-13/h8-10,12,14H,3-7H2,1-2H3. The molecule has 1 aliphatic rings. The predicted molar refractivity (Wildman–Crippen MR) is 69.2 cm³/mol. The zero-order chi connectivity index (χ0) is 11.4. The largest absolute Gasteiger partial charge is 0.496 e. The van der Waals surface area contributed by atoms with Crippen LogP contribution in [0, 0.1) is 5.92 Å². The molecule has 1 aromatic heterocycles. The van der Waals surface area contributed by atoms with E-state index in [2.05, 4.69) is 23.7 Å². The Bertz CT molecular complexity index is 319. The summed E-state index contributed by atoms with van der Waals surface area (Å²) in [5, 5.41) is 5.69. The number of ether oxygens (including phenoxy) is 1. The maximum atomic E-state index is 5.25. The van der Waals surface area contributed by atoms with Gasteiger partial charge in [-0.1, -0.05) is 26.2 Å². The van der Waals surface area contributed by atoms with E-state index in [0.29, 0.717) is 6.04 Å². The van der Waals surface area contributed by atoms with Crippen LogP contribution in [-0.4, -0.2) is 13.7 Å². The van der Waals surface area contributed by atoms with Gasteiger partial charge in [0.1, 0.15) is 5.75 Å². The van der Waals surface area contributed by atoms with Crippen molar-refractivity contribution in [3.05, 3.63) is 16.3 Å². The van der Waals surface area contributed by atoms with Gasteiger partial charge < -0.3 is 10.1 Å². The van der Waals surface area contributed by atoms with E-state index in [1.54, 1.807) is 7.11 Å². The van der Waals surface area contributed by atoms with E-state index < -0.39 is 0 Å². The lowest BCUT2D eigenvalue weighted by Gasteiger charge is -2.29. The second-order valence-corrected chi connectivity index (χ2v) is 5.47. The fourth-order valence-electron chi connectivity index (χ4n) is 2.23. The van der Waals surface area contributed by atoms with Crippen LogP contribution in [0.4, 0.5) is 0 Å². The van der Waals surface area contributed by atoms with Gasteiger partial charge in [-0.15, -0.1) is 11.3 Å². The van der Waals surface area contributed by atoms with Crippen molar-refractivity contribution in [2.24, 2.45) is 5.92 Å². The van der Waals surface area contributed by atoms with Gasteiger partial charge in [0.05, 0.1) is 7.11 Å². The van der Waals surface area contributed by atoms with Crippen molar-refractivity contribution in [1.29, 1.82) is 0 Å². The molecule has 0 saturated heterocycles. The Morgan fingerprint density at radius 2 is 2.38 bits per heavy atom. The average molecular weight is 239 g/mol. The lowest BCUT2D eigenvalue weighted by Crippen LogP contribution is -2.25. The van der Waals surface area contributed by atoms with Crippen molar-refractivity contribution in [3.63, 3.8) is 0 Å². The zero-order valence-corrected chi connectivity index (χ0v) is 11.0. The molecular weight excluding hydrogens is 218 g/mol. The van der Waals surface area contributed by atoms with Gasteiger partial charge in [-0.05, 0) is 24.9 Å². The normalized spacial score (nSPS) is 18.1. The minimum atomic E-state index is 0.532. The van der Waals surface area contributed by atoms with Gasteiger partial charge in [0.2, 0.25) is 0 Å². The number of hydrogen-bond acceptors (Lipinski definition) is 3. The highest BCUT2D eigenvalue weighted by molar-refractivity contribution is 7.10. The summed E-state index contributed by atoms with van der Waals surface area (Å²) >= 11 is 1.81. The van der Waals surface area contributed by atoms with Gasteiger partial charge in [0.25, 0.3) is 0 Å². The highest BCUT2D eigenvalue weighted by Gasteiger charge is 2.23. The molecule has 16 heavy (non-hydrogen) atoms. The van der Waals surface area contributed by atoms with Crippen LogP contribution < -0.4 is 10.1 Å². The molecule has 0 amide bonds. The van der Waals surface area contributed by atoms with E-state index in [0.717, 1.165) is 18.2 Å². The van der Waals surface area contributed by atoms with Crippen LogP contribution in [0.15, 0.2) is 11.4 Å². The summed E-state index contributed by atoms with van der Waals surface area (Å²) in [6, 6.07) is 2.71. The first-order valence-electron chi connectivity index (χ1n) is 6.19. The summed E-state index contributed by atoms with van der Waals surface area (Å²) in [6.45, 7) is 3.22. The first-order chi connectivity index (χ1) is 7.83. The first-order valence-corrected chi connectivity index (χ1v) is 7.07. The van der Waals surface area contributed by atoms with Gasteiger partial charge in [-0.3, -0.25) is 0 Å². The first kappa shape index (κ1) is 11.9. The monoisotopic (exact) mass is 239 g/mol. The molecule has 2 nitrogen and oxygen atoms in total. The molecule has 0 aliphatic heterocycles. The van der Waals surface area contributed by atoms with Crippen molar-refractivity contribution >= 4 is 11.3 Å². The highest BCUT2D eigenvalue weighted by atomic mass is 32.1. The molecule has 2 rings (SSSR count). The van der Waals surface area contributed by atoms with Crippen molar-refractivity contribution < 1.29 is 4.74 Å². The lowest BCUT2D eigenvalue weighted by molar-refractivity contribution is 0.263. The summed E-state index contributed by atoms with van der Waals surface area (Å²) in [5.41, 5.74) is 0. The zero-order valence-electron chi connectivity index (χ0n) is 10.2. The molecule has 1 fully saturated rings. The van der Waals surface area contributed by atoms with Crippen LogP contribution in [0.3, 0.4) is 0 Å². The van der Waals surface area contributed by atoms with Gasteiger partial charge in [0, 0.05) is 16.3 Å². The van der Waals surface area contributed by atoms with Gasteiger partial charge in [0.15, 0.2) is 0 Å². The van der Waals surface area contributed by atoms with Gasteiger partial charge in [-0.25, -0.2) is 0 Å². The van der Waals surface area contributed by atoms with Crippen LogP contribution in [0.25, 0.3) is 0 Å². The van der Waals surface area contributed by atoms with Crippen LogP contribution in [0.5, 0.6) is 5.75 Å². The van der Waals surface area contributed by atoms with E-state index in [1.807, 2.05) is 11.3 Å². The molecule has 1 N–H and O–H groups in total. The molecule has 1 atom stereocenters. The molecule has 0 aromatic carbocycles. The number of methoxy groups -OCH3 is 1. The van der Waals surface area contributed by atoms with E-state index >= 15 is 0 Å². The maximum absolute atomic E-state index is 5.25. The Hall–Kier alpha value is -0.540. The Balaban J connectivity index is 1.98. The predicted octanol–water partition coefficient (Wildman–Crippen LogP) is 3.60. The summed E-state index contributed by atoms with van der Waals surface area (Å²) in [5.74, 6) is 1.94. The second-order valence-electron chi connectivity index (χ2n) is 4.53. The van der Waals surface area contributed by atoms with Gasteiger partial charge in [-0.2, -0.15) is 0 Å². The summed E-state index contributed by atoms with van der Waals surface area (Å²) < 4.78 is 5.25. The minimum absolute atomic E-state index is 0.532. The maximum Gasteiger partial charge on any atom is 0.129 e. The van der Waals surface area contributed by atoms with E-state index in [1.165, 1.54) is 30.6 Å². The van der Waals surface area contributed by atoms with Crippen molar-refractivity contribution in [1.82, 2.24) is 5.32 Å². The van der Waals surface area contributed by atoms with Crippen LogP contribution in [0.1, 0.15) is 43.5 Å². The lowest BCUT2D eigenvalue weighted by atomic mass is 9.80. The quantitative estimate of drug-likeness (QED) is 0.819. The van der Waals surface area contributed by atoms with Gasteiger partial charge >= 0.3 is 0 Å². The third kappa shape index (κ3) is 2.77. The topological polar surface area (TPSA) is 21.3 Å². The fraction of sp³-hybridized carbons (Fsp3) is 0.692. The number of rotatable bonds is 6. The number of thiophene rings is 1. The van der Waals surface area contributed by atoms with E-state index in [9.17, 15) is 0 Å². The molecule has 3 heteroatoms. The third-order valence-corrected chi connectivity index (χ3v) is 4.44. The fourth-order valence-corrected chi connectivity index (χ4v) is 3.18. The van der Waals surface area contributed by atoms with Crippen LogP contribution in [-0.2, 0) is 0 Å². The second kappa shape index (κ2) is 5.69. The van der Waals surface area contributed by atoms with Crippen LogP contribution in [0.2, 0.25) is 0 Å². The molecule has 90 valence electrons. The minimum Gasteiger partial charge on any atom is -0.496 e. The van der Waals surface area contributed by atoms with E-state index in [-0.39, 0.29) is 0 Å². The molecular formula is C13H21NOS. The van der Waals surface area contributed by atoms with E-state index in [4.69, 9.17) is 4.74 Å². The summed E-state index contributed by atoms with van der Waals surface area (Å²) in [7, 11) is 1.74. The molecule has 0 radical (unpaired) electrons. The van der Waals surface area contributed by atoms with Crippen molar-refractivity contribution in [2.75, 3.05) is 13.7 Å². The molecule has 0 bridgehead atoms. The molecule has 1 aromatic rings. The molecule has 1 aliphatic carbocycles. The Morgan fingerprint density at radius 3 is 2.88 bits per heavy atom. The third-order valence-electron chi connectivity index (χ3n) is 3.42. The average Bonchev–Trinajstić information content (AvgIpc) is 2.70. The number of hydrogen-bond donors (Lipinski definition) is 1. The molecule has 1 saturated carbocycles. The SMILES string of the molecule is CCNC(CC1CCC1)c1cc(OC)cs1.